The first kappa shape index (κ1) is 0.662. The van der Waals surface area contributed by atoms with Crippen molar-refractivity contribution in [2.45, 2.75) is 20.1 Å². The molecular formula is C5H10O. The first-order chi connectivity index (χ1) is 6.31. The molecule has 1 nitrogen and oxygen atoms in total. The van der Waals surface area contributed by atoms with Crippen molar-refractivity contribution < 1.29 is 17.1 Å². The highest BCUT2D eigenvalue weighted by molar-refractivity contribution is 5.52. The molecule has 0 aromatic rings. The van der Waals surface area contributed by atoms with Gasteiger partial charge in [-0.3, -0.25) is 0 Å². The lowest BCUT2D eigenvalue weighted by molar-refractivity contribution is -0.110. The van der Waals surface area contributed by atoms with E-state index in [9.17, 15) is 4.79 Å². The minimum Gasteiger partial charge on any atom is -0.303 e. The van der Waals surface area contributed by atoms with Gasteiger partial charge in [0.2, 0.25) is 0 Å². The zero-order valence-electron chi connectivity index (χ0n) is 12.0. The molecule has 0 aliphatic heterocycles. The highest BCUT2D eigenvalue weighted by Gasteiger charge is 1.89. The SMILES string of the molecule is [2H]C([2H])([2H])C([2H])([2H])C([2H])(C=O)C([2H])([2H])[2H]. The number of hydrogen-bond donors (Lipinski definition) is 0. The van der Waals surface area contributed by atoms with E-state index < -0.39 is 32.3 Å². The summed E-state index contributed by atoms with van der Waals surface area (Å²) in [6.45, 7) is -6.70. The molecule has 0 heterocycles. The molecule has 36 valence electrons. The van der Waals surface area contributed by atoms with E-state index in [0.29, 0.717) is 0 Å². The first-order valence-electron chi connectivity index (χ1n) is 5.77. The molecule has 1 heteroatoms. The maximum Gasteiger partial charge on any atom is 0.122 e. The van der Waals surface area contributed by atoms with E-state index >= 15 is 0 Å². The predicted molar refractivity (Wildman–Crippen MR) is 25.5 cm³/mol. The molecule has 0 spiro atoms. The van der Waals surface area contributed by atoms with Crippen LogP contribution in [0.4, 0.5) is 0 Å². The predicted octanol–water partition coefficient (Wildman–Crippen LogP) is 1.23. The van der Waals surface area contributed by atoms with Crippen molar-refractivity contribution in [1.29, 1.82) is 0 Å². The molecule has 0 amide bonds. The highest BCUT2D eigenvalue weighted by Crippen LogP contribution is 1.91. The highest BCUT2D eigenvalue weighted by atomic mass is 16.1. The summed E-state index contributed by atoms with van der Waals surface area (Å²) in [6.07, 6.45) is -3.92. The first-order valence-corrected chi connectivity index (χ1v) is 1.27. The molecule has 0 radical (unpaired) electrons. The Balaban J connectivity index is 5.61. The normalized spacial score (nSPS) is 47.7. The number of carbonyl (C=O) groups excluding carboxylic acids is 1. The number of hydrogen-bond acceptors (Lipinski definition) is 1. The van der Waals surface area contributed by atoms with E-state index in [1.165, 1.54) is 0 Å². The molecule has 0 saturated heterocycles. The molecule has 0 aromatic heterocycles. The van der Waals surface area contributed by atoms with Crippen LogP contribution in [-0.4, -0.2) is 6.29 Å². The van der Waals surface area contributed by atoms with Crippen LogP contribution < -0.4 is 0 Å². The second-order valence-electron chi connectivity index (χ2n) is 0.657. The molecule has 0 rings (SSSR count). The Labute approximate surface area is 51.0 Å². The average molecular weight is 95.2 g/mol. The summed E-state index contributed by atoms with van der Waals surface area (Å²) in [6, 6.07) is 0. The molecule has 6 heavy (non-hydrogen) atoms. The Hall–Kier alpha value is -0.330. The largest absolute Gasteiger partial charge is 0.303 e. The van der Waals surface area contributed by atoms with Gasteiger partial charge < -0.3 is 4.79 Å². The summed E-state index contributed by atoms with van der Waals surface area (Å²) >= 11 is 0. The zero-order valence-corrected chi connectivity index (χ0v) is 2.99. The standard InChI is InChI=1S/C5H10O/c1-3-5(2)4-6/h4-5H,3H2,1-2H3/i1D3,2D3,3D2,5D. The van der Waals surface area contributed by atoms with Crippen molar-refractivity contribution in [3.05, 3.63) is 0 Å². The fraction of sp³-hybridized carbons (Fsp3) is 0.800. The lowest BCUT2D eigenvalue weighted by atomic mass is 10.2. The minimum atomic E-state index is -3.44. The average Bonchev–Trinajstić information content (AvgIpc) is 1.98. The quantitative estimate of drug-likeness (QED) is 0.471. The van der Waals surface area contributed by atoms with Crippen LogP contribution in [0, 0.1) is 5.89 Å². The summed E-state index contributed by atoms with van der Waals surface area (Å²) in [4.78, 5) is 10.5. The Morgan fingerprint density at radius 2 is 3.33 bits per heavy atom. The number of aldehydes is 1. The Bertz CT molecular complexity index is 250. The van der Waals surface area contributed by atoms with Gasteiger partial charge in [0, 0.05) is 18.2 Å². The molecule has 0 aliphatic rings. The van der Waals surface area contributed by atoms with Gasteiger partial charge >= 0.3 is 0 Å². The molecule has 1 atom stereocenters. The van der Waals surface area contributed by atoms with Crippen LogP contribution in [0.15, 0.2) is 0 Å². The van der Waals surface area contributed by atoms with Gasteiger partial charge in [0.15, 0.2) is 0 Å². The van der Waals surface area contributed by atoms with Crippen molar-refractivity contribution in [2.75, 3.05) is 0 Å². The van der Waals surface area contributed by atoms with Crippen LogP contribution >= 0.6 is 0 Å². The molecule has 0 bridgehead atoms. The topological polar surface area (TPSA) is 17.1 Å². The summed E-state index contributed by atoms with van der Waals surface area (Å²) in [5.74, 6) is -3.30. The van der Waals surface area contributed by atoms with E-state index in [1.807, 2.05) is 0 Å². The summed E-state index contributed by atoms with van der Waals surface area (Å²) < 4.78 is 62.4. The lowest BCUT2D eigenvalue weighted by Gasteiger charge is -1.89. The maximum atomic E-state index is 10.5. The molecule has 0 fully saturated rings. The smallest absolute Gasteiger partial charge is 0.122 e. The summed E-state index contributed by atoms with van der Waals surface area (Å²) in [5.41, 5.74) is 0. The van der Waals surface area contributed by atoms with E-state index in [2.05, 4.69) is 0 Å². The Morgan fingerprint density at radius 1 is 2.50 bits per heavy atom. The van der Waals surface area contributed by atoms with Gasteiger partial charge in [-0.1, -0.05) is 13.7 Å². The van der Waals surface area contributed by atoms with E-state index in [1.54, 1.807) is 0 Å². The second kappa shape index (κ2) is 2.88. The molecule has 1 unspecified atom stereocenters. The Kier molecular flexibility index (Phi) is 0.318. The van der Waals surface area contributed by atoms with Crippen molar-refractivity contribution >= 4 is 6.29 Å². The zero-order chi connectivity index (χ0) is 12.7. The van der Waals surface area contributed by atoms with Gasteiger partial charge in [0.05, 0.1) is 0 Å². The van der Waals surface area contributed by atoms with Crippen molar-refractivity contribution in [1.82, 2.24) is 0 Å². The third-order valence-electron chi connectivity index (χ3n) is 0.253. The molecule has 0 N–H and O–H groups in total. The van der Waals surface area contributed by atoms with Gasteiger partial charge in [-0.2, -0.15) is 0 Å². The van der Waals surface area contributed by atoms with Gasteiger partial charge in [-0.05, 0) is 6.37 Å². The van der Waals surface area contributed by atoms with Gasteiger partial charge in [0.1, 0.15) is 6.29 Å². The van der Waals surface area contributed by atoms with Crippen LogP contribution in [0.25, 0.3) is 0 Å². The maximum absolute atomic E-state index is 10.5. The number of rotatable bonds is 2. The van der Waals surface area contributed by atoms with Crippen LogP contribution in [-0.2, 0) is 4.79 Å². The van der Waals surface area contributed by atoms with Crippen molar-refractivity contribution in [3.8, 4) is 0 Å². The van der Waals surface area contributed by atoms with E-state index in [4.69, 9.17) is 12.3 Å². The third-order valence-corrected chi connectivity index (χ3v) is 0.253. The molecular weight excluding hydrogens is 76.1 g/mol. The van der Waals surface area contributed by atoms with Crippen LogP contribution in [0.5, 0.6) is 0 Å². The summed E-state index contributed by atoms with van der Waals surface area (Å²) in [7, 11) is 0. The van der Waals surface area contributed by atoms with E-state index in [-0.39, 0.29) is 0 Å². The fourth-order valence-corrected chi connectivity index (χ4v) is 0.0295. The molecule has 0 aliphatic carbocycles. The van der Waals surface area contributed by atoms with Crippen LogP contribution in [0.1, 0.15) is 32.4 Å². The van der Waals surface area contributed by atoms with E-state index in [0.717, 1.165) is 0 Å². The summed E-state index contributed by atoms with van der Waals surface area (Å²) in [5, 5.41) is 0. The number of carbonyl (C=O) groups is 1. The van der Waals surface area contributed by atoms with Crippen molar-refractivity contribution in [3.63, 3.8) is 0 Å². The Morgan fingerprint density at radius 3 is 3.50 bits per heavy atom. The van der Waals surface area contributed by atoms with Gasteiger partial charge in [0.25, 0.3) is 0 Å². The molecule has 0 aromatic carbocycles. The van der Waals surface area contributed by atoms with Crippen LogP contribution in [0.3, 0.4) is 0 Å². The molecule has 0 saturated carbocycles. The lowest BCUT2D eigenvalue weighted by Crippen LogP contribution is -1.89. The van der Waals surface area contributed by atoms with Crippen LogP contribution in [0.2, 0.25) is 0 Å². The monoisotopic (exact) mass is 95.1 g/mol. The minimum absolute atomic E-state index is 0.480. The third kappa shape index (κ3) is 1.94. The van der Waals surface area contributed by atoms with Gasteiger partial charge in [-0.15, -0.1) is 0 Å². The van der Waals surface area contributed by atoms with Gasteiger partial charge in [-0.25, -0.2) is 0 Å². The second-order valence-corrected chi connectivity index (χ2v) is 0.657. The fourth-order valence-electron chi connectivity index (χ4n) is 0.0295. The van der Waals surface area contributed by atoms with Crippen molar-refractivity contribution in [2.24, 2.45) is 5.89 Å².